The molecule has 0 saturated carbocycles. The van der Waals surface area contributed by atoms with E-state index in [1.54, 1.807) is 0 Å². The van der Waals surface area contributed by atoms with Crippen LogP contribution in [-0.2, 0) is 4.79 Å². The molecular formula is C12H25N3O3. The molecule has 6 heteroatoms. The topological polar surface area (TPSA) is 90.5 Å². The zero-order chi connectivity index (χ0) is 13.8. The van der Waals surface area contributed by atoms with Gasteiger partial charge in [-0.3, -0.25) is 4.79 Å². The van der Waals surface area contributed by atoms with E-state index >= 15 is 0 Å². The average Bonchev–Trinajstić information content (AvgIpc) is 2.33. The Hall–Kier alpha value is -1.30. The molecular weight excluding hydrogens is 234 g/mol. The van der Waals surface area contributed by atoms with Gasteiger partial charge in [0.2, 0.25) is 0 Å². The van der Waals surface area contributed by atoms with Gasteiger partial charge in [-0.2, -0.15) is 0 Å². The van der Waals surface area contributed by atoms with Crippen molar-refractivity contribution in [2.75, 3.05) is 26.2 Å². The summed E-state index contributed by atoms with van der Waals surface area (Å²) in [4.78, 5) is 21.9. The Balaban J connectivity index is 3.58. The van der Waals surface area contributed by atoms with E-state index in [1.807, 2.05) is 13.8 Å². The van der Waals surface area contributed by atoms with Crippen molar-refractivity contribution in [1.29, 1.82) is 0 Å². The molecule has 0 spiro atoms. The Kier molecular flexibility index (Phi) is 10.0. The number of carbonyl (C=O) groups is 2. The highest BCUT2D eigenvalue weighted by Crippen LogP contribution is 2.06. The Morgan fingerprint density at radius 3 is 2.44 bits per heavy atom. The molecule has 0 aromatic rings. The number of hydrogen-bond donors (Lipinski definition) is 4. The molecule has 0 heterocycles. The van der Waals surface area contributed by atoms with E-state index in [2.05, 4.69) is 16.0 Å². The number of carbonyl (C=O) groups excluding carboxylic acids is 1. The van der Waals surface area contributed by atoms with Gasteiger partial charge in [-0.25, -0.2) is 4.79 Å². The highest BCUT2D eigenvalue weighted by atomic mass is 16.4. The molecule has 106 valence electrons. The van der Waals surface area contributed by atoms with Crippen LogP contribution in [0.4, 0.5) is 4.79 Å². The molecule has 0 aromatic heterocycles. The minimum atomic E-state index is -0.824. The van der Waals surface area contributed by atoms with E-state index in [1.165, 1.54) is 0 Å². The van der Waals surface area contributed by atoms with Crippen molar-refractivity contribution >= 4 is 12.0 Å². The monoisotopic (exact) mass is 259 g/mol. The van der Waals surface area contributed by atoms with E-state index in [4.69, 9.17) is 5.11 Å². The fraction of sp³-hybridized carbons (Fsp3) is 0.833. The van der Waals surface area contributed by atoms with Crippen LogP contribution in [0.1, 0.15) is 33.1 Å². The van der Waals surface area contributed by atoms with E-state index in [0.717, 1.165) is 25.9 Å². The Labute approximate surface area is 109 Å². The molecule has 0 bridgehead atoms. The van der Waals surface area contributed by atoms with Crippen LogP contribution < -0.4 is 16.0 Å². The average molecular weight is 259 g/mol. The molecule has 6 nitrogen and oxygen atoms in total. The number of nitrogens with one attached hydrogen (secondary N) is 3. The second-order valence-electron chi connectivity index (χ2n) is 4.22. The maximum Gasteiger partial charge on any atom is 0.314 e. The predicted molar refractivity (Wildman–Crippen MR) is 70.6 cm³/mol. The van der Waals surface area contributed by atoms with Gasteiger partial charge >= 0.3 is 12.0 Å². The molecule has 2 amide bonds. The Morgan fingerprint density at radius 1 is 1.17 bits per heavy atom. The van der Waals surface area contributed by atoms with E-state index in [-0.39, 0.29) is 18.4 Å². The highest BCUT2D eigenvalue weighted by molar-refractivity contribution is 5.74. The summed E-state index contributed by atoms with van der Waals surface area (Å²) in [7, 11) is 0. The quantitative estimate of drug-likeness (QED) is 0.437. The smallest absolute Gasteiger partial charge is 0.314 e. The lowest BCUT2D eigenvalue weighted by Gasteiger charge is -2.14. The molecule has 1 unspecified atom stereocenters. The van der Waals surface area contributed by atoms with Crippen molar-refractivity contribution < 1.29 is 14.7 Å². The van der Waals surface area contributed by atoms with Gasteiger partial charge in [-0.05, 0) is 25.4 Å². The van der Waals surface area contributed by atoms with Crippen molar-refractivity contribution in [1.82, 2.24) is 16.0 Å². The molecule has 0 fully saturated rings. The summed E-state index contributed by atoms with van der Waals surface area (Å²) in [5.41, 5.74) is 0. The third-order valence-corrected chi connectivity index (χ3v) is 2.66. The van der Waals surface area contributed by atoms with Crippen LogP contribution >= 0.6 is 0 Å². The summed E-state index contributed by atoms with van der Waals surface area (Å²) in [6, 6.07) is -0.227. The summed E-state index contributed by atoms with van der Waals surface area (Å²) in [5.74, 6) is -0.829. The van der Waals surface area contributed by atoms with Crippen LogP contribution in [0.5, 0.6) is 0 Å². The fourth-order valence-corrected chi connectivity index (χ4v) is 1.50. The molecule has 0 saturated heterocycles. The van der Waals surface area contributed by atoms with Crippen molar-refractivity contribution in [3.05, 3.63) is 0 Å². The molecule has 0 rings (SSSR count). The minimum absolute atomic E-state index is 0.00462. The molecule has 0 aliphatic carbocycles. The molecule has 0 aliphatic rings. The van der Waals surface area contributed by atoms with Crippen molar-refractivity contribution in [3.63, 3.8) is 0 Å². The molecule has 18 heavy (non-hydrogen) atoms. The Morgan fingerprint density at radius 2 is 1.89 bits per heavy atom. The van der Waals surface area contributed by atoms with Crippen LogP contribution in [0.15, 0.2) is 0 Å². The van der Waals surface area contributed by atoms with Crippen molar-refractivity contribution in [2.45, 2.75) is 33.1 Å². The van der Waals surface area contributed by atoms with Crippen molar-refractivity contribution in [3.8, 4) is 0 Å². The molecule has 4 N–H and O–H groups in total. The number of amides is 2. The second kappa shape index (κ2) is 10.8. The first-order valence-electron chi connectivity index (χ1n) is 6.54. The number of aliphatic carboxylic acids is 1. The first-order valence-corrected chi connectivity index (χ1v) is 6.54. The van der Waals surface area contributed by atoms with Crippen LogP contribution in [0, 0.1) is 5.92 Å². The number of carboxylic acids is 1. The Bertz CT molecular complexity index is 247. The van der Waals surface area contributed by atoms with Gasteiger partial charge in [0.25, 0.3) is 0 Å². The van der Waals surface area contributed by atoms with Crippen LogP contribution in [0.25, 0.3) is 0 Å². The van der Waals surface area contributed by atoms with Gasteiger partial charge in [0.15, 0.2) is 0 Å². The lowest BCUT2D eigenvalue weighted by molar-refractivity contribution is -0.138. The maximum absolute atomic E-state index is 11.4. The zero-order valence-electron chi connectivity index (χ0n) is 11.3. The van der Waals surface area contributed by atoms with Crippen LogP contribution in [0.3, 0.4) is 0 Å². The molecule has 0 radical (unpaired) electrons. The first kappa shape index (κ1) is 16.7. The largest absolute Gasteiger partial charge is 0.481 e. The summed E-state index contributed by atoms with van der Waals surface area (Å²) in [6.07, 6.45) is 1.72. The van der Waals surface area contributed by atoms with Crippen LogP contribution in [-0.4, -0.2) is 43.3 Å². The lowest BCUT2D eigenvalue weighted by Crippen LogP contribution is -2.39. The highest BCUT2D eigenvalue weighted by Gasteiger charge is 2.11. The summed E-state index contributed by atoms with van der Waals surface area (Å²) >= 11 is 0. The van der Waals surface area contributed by atoms with Gasteiger partial charge in [-0.1, -0.05) is 20.3 Å². The summed E-state index contributed by atoms with van der Waals surface area (Å²) in [6.45, 7) is 6.79. The van der Waals surface area contributed by atoms with Crippen LogP contribution in [0.2, 0.25) is 0 Å². The summed E-state index contributed by atoms with van der Waals surface area (Å²) < 4.78 is 0. The van der Waals surface area contributed by atoms with Gasteiger partial charge < -0.3 is 21.1 Å². The van der Waals surface area contributed by atoms with E-state index in [0.29, 0.717) is 13.1 Å². The fourth-order valence-electron chi connectivity index (χ4n) is 1.50. The van der Waals surface area contributed by atoms with Crippen molar-refractivity contribution in [2.24, 2.45) is 5.92 Å². The lowest BCUT2D eigenvalue weighted by atomic mass is 10.0. The maximum atomic E-state index is 11.4. The second-order valence-corrected chi connectivity index (χ2v) is 4.22. The number of rotatable bonds is 10. The summed E-state index contributed by atoms with van der Waals surface area (Å²) in [5, 5.41) is 17.3. The van der Waals surface area contributed by atoms with Gasteiger partial charge in [0, 0.05) is 19.5 Å². The first-order chi connectivity index (χ1) is 8.60. The SMILES string of the molecule is CCNCCCNC(=O)NCC(CC)CC(=O)O. The van der Waals surface area contributed by atoms with E-state index in [9.17, 15) is 9.59 Å². The third kappa shape index (κ3) is 9.89. The normalized spacial score (nSPS) is 11.9. The van der Waals surface area contributed by atoms with Gasteiger partial charge in [0.1, 0.15) is 0 Å². The van der Waals surface area contributed by atoms with E-state index < -0.39 is 5.97 Å². The molecule has 0 aliphatic heterocycles. The molecule has 0 aromatic carbocycles. The number of hydrogen-bond acceptors (Lipinski definition) is 3. The predicted octanol–water partition coefficient (Wildman–Crippen LogP) is 0.786. The standard InChI is InChI=1S/C12H25N3O3/c1-3-10(8-11(16)17)9-15-12(18)14-7-5-6-13-4-2/h10,13H,3-9H2,1-2H3,(H,16,17)(H2,14,15,18). The number of urea groups is 1. The zero-order valence-corrected chi connectivity index (χ0v) is 11.3. The van der Waals surface area contributed by atoms with Gasteiger partial charge in [0.05, 0.1) is 0 Å². The van der Waals surface area contributed by atoms with Gasteiger partial charge in [-0.15, -0.1) is 0 Å². The third-order valence-electron chi connectivity index (χ3n) is 2.66. The minimum Gasteiger partial charge on any atom is -0.481 e. The molecule has 1 atom stereocenters. The number of carboxylic acid groups (broad SMARTS) is 1.